The summed E-state index contributed by atoms with van der Waals surface area (Å²) in [5, 5.41) is 2.97. The summed E-state index contributed by atoms with van der Waals surface area (Å²) < 4.78 is 19.4. The number of nitrogens with zero attached hydrogens (tertiary/aromatic N) is 2. The molecule has 1 N–H and O–H groups in total. The first-order chi connectivity index (χ1) is 9.26. The van der Waals surface area contributed by atoms with Crippen LogP contribution in [0.5, 0.6) is 5.75 Å². The van der Waals surface area contributed by atoms with Gasteiger partial charge in [0.05, 0.1) is 12.8 Å². The fourth-order valence-electron chi connectivity index (χ4n) is 1.74. The van der Waals surface area contributed by atoms with Gasteiger partial charge < -0.3 is 10.1 Å². The number of rotatable bonds is 5. The lowest BCUT2D eigenvalue weighted by atomic mass is 10.1. The minimum Gasteiger partial charge on any atom is -0.493 e. The van der Waals surface area contributed by atoms with Crippen molar-refractivity contribution in [2.24, 2.45) is 0 Å². The first kappa shape index (κ1) is 13.3. The number of hydrogen-bond donors (Lipinski definition) is 1. The highest BCUT2D eigenvalue weighted by Gasteiger charge is 2.13. The highest BCUT2D eigenvalue weighted by atomic mass is 19.1. The van der Waals surface area contributed by atoms with Crippen molar-refractivity contribution in [3.05, 3.63) is 36.3 Å². The predicted octanol–water partition coefficient (Wildman–Crippen LogP) is 3.11. The molecule has 100 valence electrons. The minimum absolute atomic E-state index is 0.245. The van der Waals surface area contributed by atoms with E-state index in [0.717, 1.165) is 0 Å². The maximum absolute atomic E-state index is 13.9. The number of anilines is 1. The van der Waals surface area contributed by atoms with Crippen molar-refractivity contribution in [3.8, 4) is 17.0 Å². The Morgan fingerprint density at radius 3 is 2.79 bits per heavy atom. The first-order valence-corrected chi connectivity index (χ1v) is 6.24. The predicted molar refractivity (Wildman–Crippen MR) is 72.8 cm³/mol. The lowest BCUT2D eigenvalue weighted by molar-refractivity contribution is 0.341. The average Bonchev–Trinajstić information content (AvgIpc) is 2.42. The van der Waals surface area contributed by atoms with Gasteiger partial charge in [0.15, 0.2) is 5.82 Å². The summed E-state index contributed by atoms with van der Waals surface area (Å²) >= 11 is 0. The normalized spacial score (nSPS) is 10.3. The summed E-state index contributed by atoms with van der Waals surface area (Å²) in [6.07, 6.45) is 1.17. The zero-order valence-electron chi connectivity index (χ0n) is 11.0. The lowest BCUT2D eigenvalue weighted by Gasteiger charge is -2.11. The van der Waals surface area contributed by atoms with Crippen LogP contribution in [0.1, 0.15) is 13.8 Å². The molecule has 1 heterocycles. The Morgan fingerprint density at radius 2 is 2.05 bits per heavy atom. The third-order valence-corrected chi connectivity index (χ3v) is 2.52. The number of benzene rings is 1. The first-order valence-electron chi connectivity index (χ1n) is 6.24. The van der Waals surface area contributed by atoms with Crippen molar-refractivity contribution < 1.29 is 9.13 Å². The zero-order valence-corrected chi connectivity index (χ0v) is 11.0. The van der Waals surface area contributed by atoms with E-state index in [4.69, 9.17) is 4.74 Å². The highest BCUT2D eigenvalue weighted by molar-refractivity contribution is 5.68. The molecule has 1 aromatic heterocycles. The summed E-state index contributed by atoms with van der Waals surface area (Å²) in [7, 11) is 0. The van der Waals surface area contributed by atoms with Gasteiger partial charge in [-0.05, 0) is 26.0 Å². The van der Waals surface area contributed by atoms with Crippen LogP contribution in [-0.4, -0.2) is 23.1 Å². The second-order valence-electron chi connectivity index (χ2n) is 3.85. The molecule has 5 heteroatoms. The molecular weight excluding hydrogens is 245 g/mol. The summed E-state index contributed by atoms with van der Waals surface area (Å²) in [5.74, 6) is 0.559. The molecule has 0 amide bonds. The number of aromatic nitrogens is 2. The van der Waals surface area contributed by atoms with Gasteiger partial charge in [-0.3, -0.25) is 0 Å². The van der Waals surface area contributed by atoms with Crippen LogP contribution in [0.25, 0.3) is 11.3 Å². The summed E-state index contributed by atoms with van der Waals surface area (Å²) in [4.78, 5) is 8.09. The van der Waals surface area contributed by atoms with E-state index < -0.39 is 5.82 Å². The summed E-state index contributed by atoms with van der Waals surface area (Å²) in [5.41, 5.74) is 0.874. The minimum atomic E-state index is -0.464. The maximum atomic E-state index is 13.9. The zero-order chi connectivity index (χ0) is 13.7. The van der Waals surface area contributed by atoms with Gasteiger partial charge in [-0.1, -0.05) is 12.1 Å². The molecule has 0 saturated carbocycles. The van der Waals surface area contributed by atoms with Gasteiger partial charge in [0.25, 0.3) is 0 Å². The molecule has 0 aliphatic heterocycles. The Labute approximate surface area is 111 Å². The third-order valence-electron chi connectivity index (χ3n) is 2.52. The molecule has 0 unspecified atom stereocenters. The number of nitrogens with one attached hydrogen (secondary N) is 1. The van der Waals surface area contributed by atoms with Crippen LogP contribution in [0.3, 0.4) is 0 Å². The monoisotopic (exact) mass is 261 g/mol. The van der Waals surface area contributed by atoms with Crippen LogP contribution >= 0.6 is 0 Å². The number of halogens is 1. The van der Waals surface area contributed by atoms with Crippen LogP contribution in [0, 0.1) is 5.82 Å². The van der Waals surface area contributed by atoms with Gasteiger partial charge in [-0.2, -0.15) is 0 Å². The Morgan fingerprint density at radius 1 is 1.26 bits per heavy atom. The van der Waals surface area contributed by atoms with E-state index in [1.165, 1.54) is 6.20 Å². The van der Waals surface area contributed by atoms with Crippen molar-refractivity contribution in [2.45, 2.75) is 13.8 Å². The molecule has 2 aromatic rings. The van der Waals surface area contributed by atoms with Crippen molar-refractivity contribution in [2.75, 3.05) is 18.5 Å². The van der Waals surface area contributed by atoms with Crippen molar-refractivity contribution >= 4 is 5.95 Å². The molecule has 2 rings (SSSR count). The van der Waals surface area contributed by atoms with Crippen LogP contribution < -0.4 is 10.1 Å². The van der Waals surface area contributed by atoms with Gasteiger partial charge in [0.1, 0.15) is 11.4 Å². The van der Waals surface area contributed by atoms with Gasteiger partial charge in [0.2, 0.25) is 5.95 Å². The van der Waals surface area contributed by atoms with E-state index in [2.05, 4.69) is 15.3 Å². The van der Waals surface area contributed by atoms with E-state index in [-0.39, 0.29) is 5.69 Å². The molecule has 0 aliphatic carbocycles. The smallest absolute Gasteiger partial charge is 0.223 e. The molecule has 0 fully saturated rings. The molecule has 0 atom stereocenters. The van der Waals surface area contributed by atoms with Crippen LogP contribution in [-0.2, 0) is 0 Å². The van der Waals surface area contributed by atoms with Gasteiger partial charge in [-0.15, -0.1) is 0 Å². The molecule has 0 aliphatic rings. The summed E-state index contributed by atoms with van der Waals surface area (Å²) in [6.45, 7) is 5.01. The fraction of sp³-hybridized carbons (Fsp3) is 0.286. The SMILES string of the molecule is CCNc1ncc(F)c(-c2ccccc2OCC)n1. The second-order valence-corrected chi connectivity index (χ2v) is 3.85. The number of hydrogen-bond acceptors (Lipinski definition) is 4. The topological polar surface area (TPSA) is 47.0 Å². The van der Waals surface area contributed by atoms with Gasteiger partial charge >= 0.3 is 0 Å². The van der Waals surface area contributed by atoms with Crippen LogP contribution in [0.15, 0.2) is 30.5 Å². The highest BCUT2D eigenvalue weighted by Crippen LogP contribution is 2.30. The lowest BCUT2D eigenvalue weighted by Crippen LogP contribution is -2.04. The van der Waals surface area contributed by atoms with Crippen LogP contribution in [0.4, 0.5) is 10.3 Å². The van der Waals surface area contributed by atoms with E-state index in [9.17, 15) is 4.39 Å². The largest absolute Gasteiger partial charge is 0.493 e. The Hall–Kier alpha value is -2.17. The van der Waals surface area contributed by atoms with Crippen molar-refractivity contribution in [1.29, 1.82) is 0 Å². The third kappa shape index (κ3) is 2.99. The summed E-state index contributed by atoms with van der Waals surface area (Å²) in [6, 6.07) is 7.25. The van der Waals surface area contributed by atoms with E-state index in [0.29, 0.717) is 30.4 Å². The molecular formula is C14H16FN3O. The quantitative estimate of drug-likeness (QED) is 0.898. The van der Waals surface area contributed by atoms with Crippen LogP contribution in [0.2, 0.25) is 0 Å². The number of ether oxygens (including phenoxy) is 1. The molecule has 0 radical (unpaired) electrons. The fourth-order valence-corrected chi connectivity index (χ4v) is 1.74. The molecule has 0 spiro atoms. The van der Waals surface area contributed by atoms with Gasteiger partial charge in [-0.25, -0.2) is 14.4 Å². The number of para-hydroxylation sites is 1. The van der Waals surface area contributed by atoms with E-state index >= 15 is 0 Å². The van der Waals surface area contributed by atoms with Crippen molar-refractivity contribution in [1.82, 2.24) is 9.97 Å². The van der Waals surface area contributed by atoms with Gasteiger partial charge in [0, 0.05) is 12.1 Å². The average molecular weight is 261 g/mol. The Balaban J connectivity index is 2.48. The Kier molecular flexibility index (Phi) is 4.28. The molecule has 0 saturated heterocycles. The molecule has 0 bridgehead atoms. The molecule has 4 nitrogen and oxygen atoms in total. The van der Waals surface area contributed by atoms with E-state index in [1.807, 2.05) is 26.0 Å². The molecule has 1 aromatic carbocycles. The van der Waals surface area contributed by atoms with E-state index in [1.54, 1.807) is 12.1 Å². The second kappa shape index (κ2) is 6.13. The standard InChI is InChI=1S/C14H16FN3O/c1-3-16-14-17-9-11(15)13(18-14)10-7-5-6-8-12(10)19-4-2/h5-9H,3-4H2,1-2H3,(H,16,17,18). The maximum Gasteiger partial charge on any atom is 0.223 e. The Bertz CT molecular complexity index is 560. The molecule has 19 heavy (non-hydrogen) atoms. The van der Waals surface area contributed by atoms with Crippen molar-refractivity contribution in [3.63, 3.8) is 0 Å².